The Bertz CT molecular complexity index is 524. The minimum atomic E-state index is -0.262. The van der Waals surface area contributed by atoms with Crippen LogP contribution >= 0.6 is 15.9 Å². The highest BCUT2D eigenvalue weighted by atomic mass is 79.9. The fraction of sp³-hybridized carbons (Fsp3) is 0.250. The second-order valence-electron chi connectivity index (χ2n) is 3.88. The molecule has 0 aliphatic rings. The molecule has 17 heavy (non-hydrogen) atoms. The van der Waals surface area contributed by atoms with Gasteiger partial charge in [-0.1, -0.05) is 12.1 Å². The zero-order chi connectivity index (χ0) is 12.4. The molecule has 1 unspecified atom stereocenters. The Morgan fingerprint density at radius 2 is 2.29 bits per heavy atom. The van der Waals surface area contributed by atoms with Gasteiger partial charge in [0, 0.05) is 12.1 Å². The summed E-state index contributed by atoms with van der Waals surface area (Å²) in [4.78, 5) is 0. The van der Waals surface area contributed by atoms with Gasteiger partial charge < -0.3 is 5.73 Å². The van der Waals surface area contributed by atoms with Gasteiger partial charge >= 0.3 is 0 Å². The number of rotatable bonds is 3. The van der Waals surface area contributed by atoms with Gasteiger partial charge in [-0.2, -0.15) is 5.10 Å². The van der Waals surface area contributed by atoms with E-state index < -0.39 is 0 Å². The number of nitrogens with zero attached hydrogens (tertiary/aromatic N) is 2. The lowest BCUT2D eigenvalue weighted by molar-refractivity contribution is 0.506. The fourth-order valence-electron chi connectivity index (χ4n) is 1.68. The highest BCUT2D eigenvalue weighted by Crippen LogP contribution is 2.30. The molecule has 3 nitrogen and oxygen atoms in total. The van der Waals surface area contributed by atoms with Crippen LogP contribution in [0.4, 0.5) is 4.39 Å². The molecule has 0 amide bonds. The summed E-state index contributed by atoms with van der Waals surface area (Å²) in [6, 6.07) is 6.51. The summed E-state index contributed by atoms with van der Waals surface area (Å²) in [6.07, 6.45) is 1.70. The second-order valence-corrected chi connectivity index (χ2v) is 4.74. The maximum absolute atomic E-state index is 13.2. The molecule has 0 aliphatic carbocycles. The fourth-order valence-corrected chi connectivity index (χ4v) is 2.18. The third-order valence-electron chi connectivity index (χ3n) is 2.61. The Balaban J connectivity index is 2.54. The smallest absolute Gasteiger partial charge is 0.123 e. The molecule has 0 saturated heterocycles. The van der Waals surface area contributed by atoms with Crippen LogP contribution in [0.1, 0.15) is 13.0 Å². The van der Waals surface area contributed by atoms with E-state index in [0.29, 0.717) is 6.54 Å². The topological polar surface area (TPSA) is 43.8 Å². The van der Waals surface area contributed by atoms with Gasteiger partial charge in [0.05, 0.1) is 22.4 Å². The molecule has 1 atom stereocenters. The summed E-state index contributed by atoms with van der Waals surface area (Å²) in [6.45, 7) is 2.46. The van der Waals surface area contributed by atoms with Crippen LogP contribution in [0.2, 0.25) is 0 Å². The van der Waals surface area contributed by atoms with Crippen molar-refractivity contribution in [3.63, 3.8) is 0 Å². The van der Waals surface area contributed by atoms with Crippen molar-refractivity contribution in [2.45, 2.75) is 13.0 Å². The summed E-state index contributed by atoms with van der Waals surface area (Å²) >= 11 is 3.43. The van der Waals surface area contributed by atoms with E-state index in [2.05, 4.69) is 21.0 Å². The highest BCUT2D eigenvalue weighted by Gasteiger charge is 2.15. The average molecular weight is 298 g/mol. The van der Waals surface area contributed by atoms with Crippen LogP contribution in [0, 0.1) is 5.82 Å². The predicted octanol–water partition coefficient (Wildman–Crippen LogP) is 2.97. The van der Waals surface area contributed by atoms with Crippen LogP contribution in [-0.2, 0) is 0 Å². The Kier molecular flexibility index (Phi) is 3.59. The van der Waals surface area contributed by atoms with E-state index in [0.717, 1.165) is 15.7 Å². The first-order valence-electron chi connectivity index (χ1n) is 5.32. The predicted molar refractivity (Wildman–Crippen MR) is 69.1 cm³/mol. The zero-order valence-corrected chi connectivity index (χ0v) is 11.0. The largest absolute Gasteiger partial charge is 0.328 e. The molecule has 1 aromatic heterocycles. The normalized spacial score (nSPS) is 12.7. The van der Waals surface area contributed by atoms with Gasteiger partial charge in [0.2, 0.25) is 0 Å². The van der Waals surface area contributed by atoms with E-state index in [1.54, 1.807) is 16.9 Å². The van der Waals surface area contributed by atoms with Crippen molar-refractivity contribution in [3.8, 4) is 11.3 Å². The second kappa shape index (κ2) is 4.98. The number of aromatic nitrogens is 2. The lowest BCUT2D eigenvalue weighted by Gasteiger charge is -2.14. The number of benzene rings is 1. The van der Waals surface area contributed by atoms with E-state index in [9.17, 15) is 4.39 Å². The lowest BCUT2D eigenvalue weighted by Crippen LogP contribution is -2.18. The number of halogens is 2. The minimum absolute atomic E-state index is 0.0690. The first-order chi connectivity index (χ1) is 8.13. The van der Waals surface area contributed by atoms with E-state index in [1.807, 2.05) is 13.0 Å². The quantitative estimate of drug-likeness (QED) is 0.946. The molecule has 2 rings (SSSR count). The summed E-state index contributed by atoms with van der Waals surface area (Å²) in [7, 11) is 0. The van der Waals surface area contributed by atoms with Gasteiger partial charge in [-0.05, 0) is 35.0 Å². The van der Waals surface area contributed by atoms with Gasteiger partial charge in [0.25, 0.3) is 0 Å². The summed E-state index contributed by atoms with van der Waals surface area (Å²) in [5.74, 6) is -0.262. The van der Waals surface area contributed by atoms with Crippen LogP contribution in [0.5, 0.6) is 0 Å². The van der Waals surface area contributed by atoms with Crippen molar-refractivity contribution in [1.29, 1.82) is 0 Å². The number of hydrogen-bond acceptors (Lipinski definition) is 2. The van der Waals surface area contributed by atoms with Gasteiger partial charge in [-0.3, -0.25) is 4.68 Å². The SMILES string of the molecule is CC(CN)n1ncc(Br)c1-c1cccc(F)c1. The molecule has 1 aromatic carbocycles. The standard InChI is InChI=1S/C12H13BrFN3/c1-8(6-15)17-12(11(13)7-16-17)9-3-2-4-10(14)5-9/h2-5,7-8H,6,15H2,1H3. The minimum Gasteiger partial charge on any atom is -0.328 e. The van der Waals surface area contributed by atoms with E-state index in [4.69, 9.17) is 5.73 Å². The Morgan fingerprint density at radius 1 is 1.53 bits per heavy atom. The Morgan fingerprint density at radius 3 is 2.94 bits per heavy atom. The molecule has 90 valence electrons. The van der Waals surface area contributed by atoms with Crippen molar-refractivity contribution >= 4 is 15.9 Å². The van der Waals surface area contributed by atoms with Crippen molar-refractivity contribution in [1.82, 2.24) is 9.78 Å². The molecule has 2 N–H and O–H groups in total. The molecular formula is C12H13BrFN3. The van der Waals surface area contributed by atoms with E-state index >= 15 is 0 Å². The number of hydrogen-bond donors (Lipinski definition) is 1. The average Bonchev–Trinajstić information content (AvgIpc) is 2.70. The molecule has 0 fully saturated rings. The molecule has 5 heteroatoms. The maximum Gasteiger partial charge on any atom is 0.123 e. The van der Waals surface area contributed by atoms with Crippen molar-refractivity contribution in [3.05, 3.63) is 40.8 Å². The first kappa shape index (κ1) is 12.3. The molecule has 1 heterocycles. The maximum atomic E-state index is 13.2. The summed E-state index contributed by atoms with van der Waals surface area (Å²) in [5, 5.41) is 4.26. The molecule has 0 spiro atoms. The van der Waals surface area contributed by atoms with Crippen molar-refractivity contribution in [2.75, 3.05) is 6.54 Å². The molecule has 2 aromatic rings. The molecule has 0 bridgehead atoms. The Labute approximate surface area is 108 Å². The van der Waals surface area contributed by atoms with Crippen LogP contribution in [0.15, 0.2) is 34.9 Å². The van der Waals surface area contributed by atoms with E-state index in [1.165, 1.54) is 12.1 Å². The molecular weight excluding hydrogens is 285 g/mol. The first-order valence-corrected chi connectivity index (χ1v) is 6.11. The number of nitrogens with two attached hydrogens (primary N) is 1. The monoisotopic (exact) mass is 297 g/mol. The third-order valence-corrected chi connectivity index (χ3v) is 3.19. The Hall–Kier alpha value is -1.20. The molecule has 0 aliphatic heterocycles. The van der Waals surface area contributed by atoms with E-state index in [-0.39, 0.29) is 11.9 Å². The van der Waals surface area contributed by atoms with Crippen LogP contribution in [-0.4, -0.2) is 16.3 Å². The van der Waals surface area contributed by atoms with Crippen LogP contribution in [0.25, 0.3) is 11.3 Å². The van der Waals surface area contributed by atoms with Crippen LogP contribution in [0.3, 0.4) is 0 Å². The van der Waals surface area contributed by atoms with Gasteiger partial charge in [0.15, 0.2) is 0 Å². The highest BCUT2D eigenvalue weighted by molar-refractivity contribution is 9.10. The molecule has 0 saturated carbocycles. The van der Waals surface area contributed by atoms with Crippen LogP contribution < -0.4 is 5.73 Å². The van der Waals surface area contributed by atoms with Gasteiger partial charge in [0.1, 0.15) is 5.82 Å². The molecule has 0 radical (unpaired) electrons. The summed E-state index contributed by atoms with van der Waals surface area (Å²) in [5.41, 5.74) is 7.28. The van der Waals surface area contributed by atoms with Gasteiger partial charge in [-0.25, -0.2) is 4.39 Å². The van der Waals surface area contributed by atoms with Crippen molar-refractivity contribution in [2.24, 2.45) is 5.73 Å². The zero-order valence-electron chi connectivity index (χ0n) is 9.40. The van der Waals surface area contributed by atoms with Crippen molar-refractivity contribution < 1.29 is 4.39 Å². The third kappa shape index (κ3) is 2.40. The summed E-state index contributed by atoms with van der Waals surface area (Å²) < 4.78 is 15.9. The lowest BCUT2D eigenvalue weighted by atomic mass is 10.1. The van der Waals surface area contributed by atoms with Gasteiger partial charge in [-0.15, -0.1) is 0 Å².